The molecule has 0 aromatic heterocycles. The molecule has 1 amide bonds. The Kier molecular flexibility index (Phi) is 8.31. The first-order valence-corrected chi connectivity index (χ1v) is 7.20. The number of hydrogen-bond donors (Lipinski definition) is 4. The molecule has 18 heavy (non-hydrogen) atoms. The quantitative estimate of drug-likeness (QED) is 0.283. The summed E-state index contributed by atoms with van der Waals surface area (Å²) in [7, 11) is 0. The van der Waals surface area contributed by atoms with Crippen molar-refractivity contribution in [2.45, 2.75) is 50.5 Å². The van der Waals surface area contributed by atoms with Gasteiger partial charge in [0.25, 0.3) is 5.91 Å². The fourth-order valence-electron chi connectivity index (χ4n) is 1.59. The molecule has 0 bridgehead atoms. The van der Waals surface area contributed by atoms with Crippen molar-refractivity contribution in [3.05, 3.63) is 0 Å². The zero-order chi connectivity index (χ0) is 13.2. The summed E-state index contributed by atoms with van der Waals surface area (Å²) in [4.78, 5) is 21.1. The van der Waals surface area contributed by atoms with Gasteiger partial charge in [0, 0.05) is 5.75 Å². The summed E-state index contributed by atoms with van der Waals surface area (Å²) < 4.78 is 0. The largest absolute Gasteiger partial charge is 0.289 e. The molecule has 2 atom stereocenters. The van der Waals surface area contributed by atoms with E-state index < -0.39 is 0 Å². The first-order valence-electron chi connectivity index (χ1n) is 6.15. The summed E-state index contributed by atoms with van der Waals surface area (Å²) in [5.74, 6) is 0.196. The van der Waals surface area contributed by atoms with Crippen LogP contribution in [0, 0.1) is 0 Å². The van der Waals surface area contributed by atoms with Crippen LogP contribution in [-0.4, -0.2) is 28.3 Å². The second-order valence-electron chi connectivity index (χ2n) is 4.06. The minimum absolute atomic E-state index is 0.266. The maximum Gasteiger partial charge on any atom is 0.256 e. The Morgan fingerprint density at radius 3 is 2.94 bits per heavy atom. The SMILES string of the molecule is CCCCCCC(SCC1NONO1)C(=O)NO. The minimum atomic E-state index is -0.358. The molecule has 1 rings (SSSR count). The lowest BCUT2D eigenvalue weighted by Gasteiger charge is -2.15. The summed E-state index contributed by atoms with van der Waals surface area (Å²) in [5.41, 5.74) is 6.54. The molecule has 0 aliphatic carbocycles. The lowest BCUT2D eigenvalue weighted by atomic mass is 10.1. The third-order valence-corrected chi connectivity index (χ3v) is 3.94. The van der Waals surface area contributed by atoms with E-state index >= 15 is 0 Å². The highest BCUT2D eigenvalue weighted by molar-refractivity contribution is 8.00. The molecule has 4 N–H and O–H groups in total. The maximum absolute atomic E-state index is 11.5. The van der Waals surface area contributed by atoms with E-state index in [2.05, 4.69) is 23.0 Å². The summed E-state index contributed by atoms with van der Waals surface area (Å²) in [6.07, 6.45) is 4.87. The van der Waals surface area contributed by atoms with Crippen molar-refractivity contribution in [1.82, 2.24) is 16.6 Å². The number of hydrogen-bond acceptors (Lipinski definition) is 7. The van der Waals surface area contributed by atoms with Gasteiger partial charge in [-0.3, -0.25) is 14.8 Å². The Labute approximate surface area is 111 Å². The summed E-state index contributed by atoms with van der Waals surface area (Å²) in [6.45, 7) is 2.14. The molecule has 1 saturated heterocycles. The van der Waals surface area contributed by atoms with Gasteiger partial charge in [-0.2, -0.15) is 4.94 Å². The van der Waals surface area contributed by atoms with Gasteiger partial charge < -0.3 is 0 Å². The minimum Gasteiger partial charge on any atom is -0.289 e. The molecule has 0 saturated carbocycles. The van der Waals surface area contributed by atoms with Gasteiger partial charge in [-0.05, 0) is 6.42 Å². The zero-order valence-corrected chi connectivity index (χ0v) is 11.3. The Morgan fingerprint density at radius 2 is 2.33 bits per heavy atom. The van der Waals surface area contributed by atoms with Gasteiger partial charge in [-0.1, -0.05) is 38.3 Å². The molecule has 7 nitrogen and oxygen atoms in total. The molecule has 0 radical (unpaired) electrons. The predicted molar refractivity (Wildman–Crippen MR) is 67.2 cm³/mol. The zero-order valence-electron chi connectivity index (χ0n) is 10.5. The van der Waals surface area contributed by atoms with Gasteiger partial charge in [0.2, 0.25) is 0 Å². The second-order valence-corrected chi connectivity index (χ2v) is 5.29. The number of unbranched alkanes of at least 4 members (excludes halogenated alkanes) is 3. The molecule has 1 fully saturated rings. The number of hydroxylamine groups is 2. The monoisotopic (exact) mass is 279 g/mol. The number of carbonyl (C=O) groups excluding carboxylic acids is 1. The Bertz CT molecular complexity index is 239. The molecule has 0 aromatic rings. The number of nitrogens with one attached hydrogen (secondary N) is 3. The van der Waals surface area contributed by atoms with E-state index in [9.17, 15) is 4.79 Å². The van der Waals surface area contributed by atoms with Crippen molar-refractivity contribution < 1.29 is 19.8 Å². The molecule has 0 spiro atoms. The van der Waals surface area contributed by atoms with Crippen LogP contribution in [0.25, 0.3) is 0 Å². The van der Waals surface area contributed by atoms with Gasteiger partial charge in [0.05, 0.1) is 5.25 Å². The van der Waals surface area contributed by atoms with E-state index in [0.29, 0.717) is 5.75 Å². The van der Waals surface area contributed by atoms with Crippen molar-refractivity contribution in [2.24, 2.45) is 0 Å². The van der Waals surface area contributed by atoms with Crippen molar-refractivity contribution in [1.29, 1.82) is 0 Å². The number of carbonyl (C=O) groups is 1. The molecular formula is C10H21N3O4S. The second kappa shape index (κ2) is 9.54. The van der Waals surface area contributed by atoms with E-state index in [1.54, 1.807) is 5.48 Å². The van der Waals surface area contributed by atoms with E-state index in [4.69, 9.17) is 10.0 Å². The lowest BCUT2D eigenvalue weighted by Crippen LogP contribution is -2.33. The van der Waals surface area contributed by atoms with Gasteiger partial charge in [-0.25, -0.2) is 5.48 Å². The van der Waals surface area contributed by atoms with E-state index in [0.717, 1.165) is 25.7 Å². The number of rotatable bonds is 9. The van der Waals surface area contributed by atoms with Crippen LogP contribution in [0.2, 0.25) is 0 Å². The first kappa shape index (κ1) is 15.7. The Balaban J connectivity index is 2.23. The average Bonchev–Trinajstić information content (AvgIpc) is 2.90. The highest BCUT2D eigenvalue weighted by Crippen LogP contribution is 2.20. The normalized spacial score (nSPS) is 20.9. The molecule has 1 aliphatic rings. The van der Waals surface area contributed by atoms with Gasteiger partial charge in [0.15, 0.2) is 6.23 Å². The third kappa shape index (κ3) is 5.98. The van der Waals surface area contributed by atoms with Crippen LogP contribution in [0.4, 0.5) is 0 Å². The van der Waals surface area contributed by atoms with Crippen molar-refractivity contribution >= 4 is 17.7 Å². The first-order chi connectivity index (χ1) is 8.77. The highest BCUT2D eigenvalue weighted by atomic mass is 32.2. The number of amides is 1. The third-order valence-electron chi connectivity index (χ3n) is 2.59. The molecule has 1 heterocycles. The fraction of sp³-hybridized carbons (Fsp3) is 0.900. The van der Waals surface area contributed by atoms with Crippen LogP contribution in [-0.2, 0) is 14.6 Å². The molecule has 8 heteroatoms. The number of thioether (sulfide) groups is 1. The molecule has 106 valence electrons. The Hall–Kier alpha value is -0.380. The molecule has 2 unspecified atom stereocenters. The van der Waals surface area contributed by atoms with Crippen LogP contribution in [0.15, 0.2) is 0 Å². The topological polar surface area (TPSA) is 91.8 Å². The highest BCUT2D eigenvalue weighted by Gasteiger charge is 2.22. The smallest absolute Gasteiger partial charge is 0.256 e. The van der Waals surface area contributed by atoms with Gasteiger partial charge in [0.1, 0.15) is 0 Å². The summed E-state index contributed by atoms with van der Waals surface area (Å²) in [5, 5.41) is 8.44. The van der Waals surface area contributed by atoms with Gasteiger partial charge >= 0.3 is 0 Å². The van der Waals surface area contributed by atoms with Crippen molar-refractivity contribution in [2.75, 3.05) is 5.75 Å². The van der Waals surface area contributed by atoms with Crippen LogP contribution in [0.5, 0.6) is 0 Å². The van der Waals surface area contributed by atoms with Crippen LogP contribution in [0.1, 0.15) is 39.0 Å². The van der Waals surface area contributed by atoms with E-state index in [1.807, 2.05) is 0 Å². The molecular weight excluding hydrogens is 258 g/mol. The van der Waals surface area contributed by atoms with Crippen molar-refractivity contribution in [3.63, 3.8) is 0 Å². The van der Waals surface area contributed by atoms with Crippen LogP contribution >= 0.6 is 11.8 Å². The lowest BCUT2D eigenvalue weighted by molar-refractivity contribution is -0.128. The van der Waals surface area contributed by atoms with Gasteiger partial charge in [-0.15, -0.1) is 17.2 Å². The average molecular weight is 279 g/mol. The molecule has 0 aromatic carbocycles. The van der Waals surface area contributed by atoms with Crippen molar-refractivity contribution in [3.8, 4) is 0 Å². The van der Waals surface area contributed by atoms with E-state index in [-0.39, 0.29) is 17.4 Å². The van der Waals surface area contributed by atoms with Crippen LogP contribution in [0.3, 0.4) is 0 Å². The maximum atomic E-state index is 11.5. The summed E-state index contributed by atoms with van der Waals surface area (Å²) in [6, 6.07) is 0. The Morgan fingerprint density at radius 1 is 1.50 bits per heavy atom. The standard InChI is InChI=1S/C10H21N3O4S/c1-2-3-4-5-6-8(10(14)11-15)18-7-9-12-17-13-16-9/h8-9,12-13,15H,2-7H2,1H3,(H,11,14). The summed E-state index contributed by atoms with van der Waals surface area (Å²) >= 11 is 1.43. The van der Waals surface area contributed by atoms with E-state index in [1.165, 1.54) is 18.2 Å². The fourth-order valence-corrected chi connectivity index (χ4v) is 2.67. The molecule has 1 aliphatic heterocycles. The van der Waals surface area contributed by atoms with Crippen LogP contribution < -0.4 is 16.6 Å². The predicted octanol–water partition coefficient (Wildman–Crippen LogP) is 0.861.